The van der Waals surface area contributed by atoms with Gasteiger partial charge in [-0.15, -0.1) is 0 Å². The Morgan fingerprint density at radius 3 is 2.29 bits per heavy atom. The van der Waals surface area contributed by atoms with Crippen LogP contribution in [0.3, 0.4) is 0 Å². The van der Waals surface area contributed by atoms with E-state index in [2.05, 4.69) is 26.1 Å². The molecule has 0 aliphatic carbocycles. The van der Waals surface area contributed by atoms with Crippen LogP contribution in [0.2, 0.25) is 0 Å². The monoisotopic (exact) mass is 204 g/mol. The Bertz CT molecular complexity index is 226. The molecule has 80 valence electrons. The molecule has 6 nitrogen and oxygen atoms in total. The van der Waals surface area contributed by atoms with Gasteiger partial charge in [0.05, 0.1) is 5.60 Å². The highest BCUT2D eigenvalue weighted by Gasteiger charge is 2.15. The Morgan fingerprint density at radius 1 is 1.29 bits per heavy atom. The summed E-state index contributed by atoms with van der Waals surface area (Å²) in [5.41, 5.74) is -0.636. The fourth-order valence-corrected chi connectivity index (χ4v) is 0.288. The standard InChI is InChI=1S/C8H12O6/c1-5-6(9)11-7(10)12-14-13-8(2,3)4/h5H,1H2,2-4H3. The molecule has 0 heterocycles. The molecule has 0 aromatic heterocycles. The van der Waals surface area contributed by atoms with Gasteiger partial charge in [0.25, 0.3) is 0 Å². The molecule has 0 saturated carbocycles. The maximum absolute atomic E-state index is 10.6. The Kier molecular flexibility index (Phi) is 4.82. The lowest BCUT2D eigenvalue weighted by atomic mass is 10.2. The molecule has 0 aromatic rings. The van der Waals surface area contributed by atoms with Crippen LogP contribution in [0.5, 0.6) is 0 Å². The van der Waals surface area contributed by atoms with Crippen LogP contribution >= 0.6 is 0 Å². The van der Waals surface area contributed by atoms with Gasteiger partial charge >= 0.3 is 12.1 Å². The van der Waals surface area contributed by atoms with E-state index < -0.39 is 17.7 Å². The molecule has 0 saturated heterocycles. The minimum atomic E-state index is -1.32. The molecular weight excluding hydrogens is 192 g/mol. The number of hydrogen-bond donors (Lipinski definition) is 0. The first-order chi connectivity index (χ1) is 6.35. The number of hydrogen-bond acceptors (Lipinski definition) is 6. The zero-order valence-electron chi connectivity index (χ0n) is 8.23. The van der Waals surface area contributed by atoms with E-state index in [0.29, 0.717) is 0 Å². The minimum absolute atomic E-state index is 0.636. The SMILES string of the molecule is C=CC(=O)OC(=O)OOOC(C)(C)C. The molecule has 0 aliphatic heterocycles. The summed E-state index contributed by atoms with van der Waals surface area (Å²) in [4.78, 5) is 29.5. The topological polar surface area (TPSA) is 71.1 Å². The quantitative estimate of drug-likeness (QED) is 0.228. The number of carbonyl (C=O) groups excluding carboxylic acids is 2. The lowest BCUT2D eigenvalue weighted by molar-refractivity contribution is -0.513. The summed E-state index contributed by atoms with van der Waals surface area (Å²) in [6, 6.07) is 0. The summed E-state index contributed by atoms with van der Waals surface area (Å²) in [7, 11) is 0. The highest BCUT2D eigenvalue weighted by Crippen LogP contribution is 2.07. The zero-order valence-corrected chi connectivity index (χ0v) is 8.23. The second kappa shape index (κ2) is 5.36. The average molecular weight is 204 g/mol. The van der Waals surface area contributed by atoms with Crippen molar-refractivity contribution in [3.63, 3.8) is 0 Å². The van der Waals surface area contributed by atoms with Crippen LogP contribution in [-0.2, 0) is 24.3 Å². The molecule has 0 rings (SSSR count). The van der Waals surface area contributed by atoms with Gasteiger partial charge in [-0.1, -0.05) is 6.58 Å². The normalized spacial score (nSPS) is 10.5. The third-order valence-electron chi connectivity index (χ3n) is 0.737. The maximum atomic E-state index is 10.6. The summed E-state index contributed by atoms with van der Waals surface area (Å²) in [6.07, 6.45) is -0.509. The number of esters is 1. The van der Waals surface area contributed by atoms with E-state index in [9.17, 15) is 9.59 Å². The summed E-state index contributed by atoms with van der Waals surface area (Å²) in [6.45, 7) is 8.11. The molecule has 0 atom stereocenters. The van der Waals surface area contributed by atoms with Crippen LogP contribution in [-0.4, -0.2) is 17.7 Å². The number of rotatable bonds is 3. The van der Waals surface area contributed by atoms with Crippen LogP contribution < -0.4 is 0 Å². The first-order valence-corrected chi connectivity index (χ1v) is 3.76. The highest BCUT2D eigenvalue weighted by molar-refractivity contribution is 5.89. The molecule has 6 heteroatoms. The molecule has 0 amide bonds. The fourth-order valence-electron chi connectivity index (χ4n) is 0.288. The average Bonchev–Trinajstić information content (AvgIpc) is 2.01. The first-order valence-electron chi connectivity index (χ1n) is 3.76. The fraction of sp³-hybridized carbons (Fsp3) is 0.500. The molecule has 0 N–H and O–H groups in total. The van der Waals surface area contributed by atoms with Gasteiger partial charge in [-0.2, -0.15) is 4.89 Å². The second-order valence-electron chi connectivity index (χ2n) is 3.22. The molecule has 14 heavy (non-hydrogen) atoms. The van der Waals surface area contributed by atoms with Gasteiger partial charge in [-0.05, 0) is 25.8 Å². The Labute approximate surface area is 81.2 Å². The van der Waals surface area contributed by atoms with Gasteiger partial charge in [0.15, 0.2) is 0 Å². The van der Waals surface area contributed by atoms with Crippen molar-refractivity contribution in [2.75, 3.05) is 0 Å². The summed E-state index contributed by atoms with van der Waals surface area (Å²) >= 11 is 0. The molecule has 0 aliphatic rings. The van der Waals surface area contributed by atoms with Crippen LogP contribution in [0, 0.1) is 0 Å². The van der Waals surface area contributed by atoms with Crippen molar-refractivity contribution in [1.29, 1.82) is 0 Å². The Morgan fingerprint density at radius 2 is 1.86 bits per heavy atom. The van der Waals surface area contributed by atoms with Gasteiger partial charge in [-0.3, -0.25) is 0 Å². The molecule has 0 bridgehead atoms. The lowest BCUT2D eigenvalue weighted by Crippen LogP contribution is -2.21. The highest BCUT2D eigenvalue weighted by atomic mass is 17.5. The minimum Gasteiger partial charge on any atom is -0.355 e. The van der Waals surface area contributed by atoms with Crippen molar-refractivity contribution in [3.8, 4) is 0 Å². The van der Waals surface area contributed by atoms with Gasteiger partial charge < -0.3 is 4.74 Å². The third kappa shape index (κ3) is 7.26. The Hall–Kier alpha value is -1.40. The lowest BCUT2D eigenvalue weighted by Gasteiger charge is -2.14. The van der Waals surface area contributed by atoms with Gasteiger partial charge in [0.1, 0.15) is 0 Å². The van der Waals surface area contributed by atoms with Crippen molar-refractivity contribution < 1.29 is 29.1 Å². The van der Waals surface area contributed by atoms with E-state index in [4.69, 9.17) is 0 Å². The van der Waals surface area contributed by atoms with E-state index >= 15 is 0 Å². The molecular formula is C8H12O6. The molecule has 0 aromatic carbocycles. The van der Waals surface area contributed by atoms with E-state index in [-0.39, 0.29) is 0 Å². The maximum Gasteiger partial charge on any atom is 0.550 e. The van der Waals surface area contributed by atoms with Gasteiger partial charge in [-0.25, -0.2) is 14.5 Å². The predicted octanol–water partition coefficient (Wildman–Crippen LogP) is 1.51. The van der Waals surface area contributed by atoms with E-state index in [1.165, 1.54) is 0 Å². The van der Waals surface area contributed by atoms with Crippen molar-refractivity contribution in [3.05, 3.63) is 12.7 Å². The van der Waals surface area contributed by atoms with Crippen molar-refractivity contribution in [2.45, 2.75) is 26.4 Å². The first kappa shape index (κ1) is 12.6. The number of ether oxygens (including phenoxy) is 1. The zero-order chi connectivity index (χ0) is 11.2. The van der Waals surface area contributed by atoms with Crippen molar-refractivity contribution in [1.82, 2.24) is 0 Å². The van der Waals surface area contributed by atoms with E-state index in [1.807, 2.05) is 0 Å². The second-order valence-corrected chi connectivity index (χ2v) is 3.22. The summed E-state index contributed by atoms with van der Waals surface area (Å²) in [5.74, 6) is -0.936. The van der Waals surface area contributed by atoms with E-state index in [0.717, 1.165) is 6.08 Å². The smallest absolute Gasteiger partial charge is 0.355 e. The van der Waals surface area contributed by atoms with Crippen LogP contribution in [0.15, 0.2) is 12.7 Å². The largest absolute Gasteiger partial charge is 0.550 e. The summed E-state index contributed by atoms with van der Waals surface area (Å²) < 4.78 is 3.99. The van der Waals surface area contributed by atoms with E-state index in [1.54, 1.807) is 20.8 Å². The number of carbonyl (C=O) groups is 2. The Balaban J connectivity index is 3.65. The van der Waals surface area contributed by atoms with Gasteiger partial charge in [0.2, 0.25) is 0 Å². The molecule has 0 radical (unpaired) electrons. The van der Waals surface area contributed by atoms with Crippen molar-refractivity contribution >= 4 is 12.1 Å². The van der Waals surface area contributed by atoms with Gasteiger partial charge in [0, 0.05) is 6.08 Å². The molecule has 0 spiro atoms. The van der Waals surface area contributed by atoms with Crippen LogP contribution in [0.4, 0.5) is 4.79 Å². The third-order valence-corrected chi connectivity index (χ3v) is 0.737. The predicted molar refractivity (Wildman–Crippen MR) is 44.7 cm³/mol. The summed E-state index contributed by atoms with van der Waals surface area (Å²) in [5, 5.41) is 4.04. The van der Waals surface area contributed by atoms with Crippen LogP contribution in [0.25, 0.3) is 0 Å². The van der Waals surface area contributed by atoms with Crippen molar-refractivity contribution in [2.24, 2.45) is 0 Å². The van der Waals surface area contributed by atoms with Crippen LogP contribution in [0.1, 0.15) is 20.8 Å². The molecule has 0 fully saturated rings. The molecule has 0 unspecified atom stereocenters.